The topological polar surface area (TPSA) is 82.0 Å². The third-order valence-corrected chi connectivity index (χ3v) is 3.38. The third-order valence-electron chi connectivity index (χ3n) is 2.27. The van der Waals surface area contributed by atoms with Crippen molar-refractivity contribution in [1.82, 2.24) is 10.2 Å². The number of aromatic nitrogens is 2. The molecule has 6 heteroatoms. The maximum Gasteiger partial charge on any atom is 0.306 e. The van der Waals surface area contributed by atoms with Crippen molar-refractivity contribution in [2.75, 3.05) is 0 Å². The van der Waals surface area contributed by atoms with Gasteiger partial charge in [0, 0.05) is 4.70 Å². The van der Waals surface area contributed by atoms with Crippen LogP contribution in [0.1, 0.15) is 10.7 Å². The second-order valence-corrected chi connectivity index (χ2v) is 4.51. The van der Waals surface area contributed by atoms with Crippen molar-refractivity contribution in [3.8, 4) is 10.8 Å². The molecule has 0 aliphatic rings. The number of nitrogens with zero attached hydrogens (tertiary/aromatic N) is 2. The predicted octanol–water partition coefficient (Wildman–Crippen LogP) is 2.05. The highest BCUT2D eigenvalue weighted by atomic mass is 32.1. The molecule has 5 nitrogen and oxygen atoms in total. The summed E-state index contributed by atoms with van der Waals surface area (Å²) in [5, 5.41) is 8.48. The van der Waals surface area contributed by atoms with Gasteiger partial charge in [-0.05, 0) is 17.5 Å². The van der Waals surface area contributed by atoms with E-state index in [0.717, 1.165) is 15.0 Å². The lowest BCUT2D eigenvalue weighted by Gasteiger charge is -1.84. The fraction of sp³-hybridized carbons (Fsp3) is 0. The van der Waals surface area contributed by atoms with Gasteiger partial charge >= 0.3 is 11.8 Å². The molecule has 3 rings (SSSR count). The Bertz CT molecular complexity index is 668. The molecule has 0 atom stereocenters. The number of hydrogen-bond acceptors (Lipinski definition) is 5. The number of amides is 1. The lowest BCUT2D eigenvalue weighted by atomic mass is 10.2. The van der Waals surface area contributed by atoms with Gasteiger partial charge in [0.2, 0.25) is 0 Å². The predicted molar refractivity (Wildman–Crippen MR) is 63.6 cm³/mol. The maximum absolute atomic E-state index is 10.8. The first-order valence-electron chi connectivity index (χ1n) is 4.86. The number of carbonyl (C=O) groups excluding carboxylic acids is 1. The summed E-state index contributed by atoms with van der Waals surface area (Å²) in [5.74, 6) is -0.567. The molecule has 0 saturated carbocycles. The molecule has 0 saturated heterocycles. The van der Waals surface area contributed by atoms with E-state index in [1.54, 1.807) is 0 Å². The van der Waals surface area contributed by atoms with Gasteiger partial charge in [0.05, 0.1) is 4.88 Å². The molecule has 0 radical (unpaired) electrons. The van der Waals surface area contributed by atoms with Crippen molar-refractivity contribution < 1.29 is 9.21 Å². The number of primary amides is 1. The van der Waals surface area contributed by atoms with E-state index >= 15 is 0 Å². The van der Waals surface area contributed by atoms with Gasteiger partial charge in [-0.25, -0.2) is 0 Å². The zero-order valence-corrected chi connectivity index (χ0v) is 9.40. The van der Waals surface area contributed by atoms with Crippen molar-refractivity contribution in [2.24, 2.45) is 5.73 Å². The molecule has 0 fully saturated rings. The van der Waals surface area contributed by atoms with Gasteiger partial charge in [0.25, 0.3) is 5.89 Å². The van der Waals surface area contributed by atoms with Gasteiger partial charge in [-0.2, -0.15) is 0 Å². The van der Waals surface area contributed by atoms with Gasteiger partial charge < -0.3 is 10.2 Å². The van der Waals surface area contributed by atoms with Crippen molar-refractivity contribution >= 4 is 27.3 Å². The van der Waals surface area contributed by atoms with Gasteiger partial charge in [-0.15, -0.1) is 21.5 Å². The molecule has 2 N–H and O–H groups in total. The molecule has 0 bridgehead atoms. The maximum atomic E-state index is 10.8. The van der Waals surface area contributed by atoms with E-state index in [-0.39, 0.29) is 5.89 Å². The first kappa shape index (κ1) is 9.98. The van der Waals surface area contributed by atoms with Crippen molar-refractivity contribution in [1.29, 1.82) is 0 Å². The molecule has 0 aliphatic heterocycles. The Kier molecular flexibility index (Phi) is 2.15. The quantitative estimate of drug-likeness (QED) is 0.749. The molecule has 1 aromatic carbocycles. The lowest BCUT2D eigenvalue weighted by molar-refractivity contribution is 0.0968. The first-order valence-corrected chi connectivity index (χ1v) is 5.68. The number of fused-ring (bicyclic) bond motifs is 1. The van der Waals surface area contributed by atoms with Crippen LogP contribution in [0.15, 0.2) is 34.7 Å². The number of carbonyl (C=O) groups is 1. The van der Waals surface area contributed by atoms with E-state index in [1.165, 1.54) is 11.3 Å². The van der Waals surface area contributed by atoms with Crippen LogP contribution in [-0.4, -0.2) is 16.1 Å². The molecule has 0 spiro atoms. The fourth-order valence-corrected chi connectivity index (χ4v) is 2.49. The van der Waals surface area contributed by atoms with Crippen molar-refractivity contribution in [2.45, 2.75) is 0 Å². The summed E-state index contributed by atoms with van der Waals surface area (Å²) in [6, 6.07) is 9.88. The number of nitrogens with two attached hydrogens (primary N) is 1. The Balaban J connectivity index is 2.10. The Morgan fingerprint density at radius 3 is 2.82 bits per heavy atom. The molecule has 17 heavy (non-hydrogen) atoms. The Hall–Kier alpha value is -2.21. The zero-order chi connectivity index (χ0) is 11.8. The average molecular weight is 245 g/mol. The summed E-state index contributed by atoms with van der Waals surface area (Å²) in [6.45, 7) is 0. The van der Waals surface area contributed by atoms with Crippen LogP contribution in [0.3, 0.4) is 0 Å². The molecule has 2 heterocycles. The third kappa shape index (κ3) is 1.68. The second-order valence-electron chi connectivity index (χ2n) is 3.43. The smallest absolute Gasteiger partial charge is 0.306 e. The first-order chi connectivity index (χ1) is 8.24. The Morgan fingerprint density at radius 2 is 2.12 bits per heavy atom. The van der Waals surface area contributed by atoms with Gasteiger partial charge in [-0.1, -0.05) is 18.2 Å². The van der Waals surface area contributed by atoms with Crippen LogP contribution in [0.4, 0.5) is 0 Å². The summed E-state index contributed by atoms with van der Waals surface area (Å²) in [4.78, 5) is 11.7. The fourth-order valence-electron chi connectivity index (χ4n) is 1.51. The van der Waals surface area contributed by atoms with E-state index in [0.29, 0.717) is 5.89 Å². The minimum absolute atomic E-state index is 0.169. The van der Waals surface area contributed by atoms with Crippen LogP contribution < -0.4 is 5.73 Å². The van der Waals surface area contributed by atoms with Crippen LogP contribution in [0.25, 0.3) is 20.9 Å². The minimum Gasteiger partial charge on any atom is -0.411 e. The molecular weight excluding hydrogens is 238 g/mol. The van der Waals surface area contributed by atoms with Crippen LogP contribution in [0.5, 0.6) is 0 Å². The van der Waals surface area contributed by atoms with Crippen molar-refractivity contribution in [3.05, 3.63) is 36.2 Å². The van der Waals surface area contributed by atoms with E-state index in [1.807, 2.05) is 30.3 Å². The number of hydrogen-bond donors (Lipinski definition) is 1. The largest absolute Gasteiger partial charge is 0.411 e. The highest BCUT2D eigenvalue weighted by Crippen LogP contribution is 2.32. The molecule has 1 amide bonds. The normalized spacial score (nSPS) is 10.8. The zero-order valence-electron chi connectivity index (χ0n) is 8.58. The standard InChI is InChI=1S/C11H7N3O2S/c12-9(15)11-14-13-10(16-11)8-5-6-3-1-2-4-7(6)17-8/h1-5H,(H2,12,15). The summed E-state index contributed by atoms with van der Waals surface area (Å²) in [7, 11) is 0. The summed E-state index contributed by atoms with van der Waals surface area (Å²) in [6.07, 6.45) is 0. The van der Waals surface area contributed by atoms with Crippen LogP contribution >= 0.6 is 11.3 Å². The Labute approximate surface area is 99.9 Å². The number of rotatable bonds is 2. The van der Waals surface area contributed by atoms with Crippen LogP contribution in [0, 0.1) is 0 Å². The highest BCUT2D eigenvalue weighted by molar-refractivity contribution is 7.22. The van der Waals surface area contributed by atoms with Crippen LogP contribution in [0.2, 0.25) is 0 Å². The van der Waals surface area contributed by atoms with E-state index in [2.05, 4.69) is 10.2 Å². The second kappa shape index (κ2) is 3.67. The number of thiophene rings is 1. The lowest BCUT2D eigenvalue weighted by Crippen LogP contribution is -2.10. The summed E-state index contributed by atoms with van der Waals surface area (Å²) < 4.78 is 6.30. The summed E-state index contributed by atoms with van der Waals surface area (Å²) >= 11 is 1.53. The number of benzene rings is 1. The van der Waals surface area contributed by atoms with E-state index in [9.17, 15) is 4.79 Å². The monoisotopic (exact) mass is 245 g/mol. The average Bonchev–Trinajstić information content (AvgIpc) is 2.95. The minimum atomic E-state index is -0.718. The molecular formula is C11H7N3O2S. The van der Waals surface area contributed by atoms with Crippen molar-refractivity contribution in [3.63, 3.8) is 0 Å². The molecule has 3 aromatic rings. The SMILES string of the molecule is NC(=O)c1nnc(-c2cc3ccccc3s2)o1. The Morgan fingerprint density at radius 1 is 1.29 bits per heavy atom. The van der Waals surface area contributed by atoms with Gasteiger partial charge in [0.15, 0.2) is 0 Å². The van der Waals surface area contributed by atoms with E-state index in [4.69, 9.17) is 10.2 Å². The molecule has 84 valence electrons. The van der Waals surface area contributed by atoms with Crippen LogP contribution in [-0.2, 0) is 0 Å². The van der Waals surface area contributed by atoms with E-state index < -0.39 is 5.91 Å². The summed E-state index contributed by atoms with van der Waals surface area (Å²) in [5.41, 5.74) is 5.05. The van der Waals surface area contributed by atoms with Gasteiger partial charge in [-0.3, -0.25) is 4.79 Å². The highest BCUT2D eigenvalue weighted by Gasteiger charge is 2.14. The molecule has 0 unspecified atom stereocenters. The van der Waals surface area contributed by atoms with Gasteiger partial charge in [0.1, 0.15) is 0 Å². The molecule has 0 aliphatic carbocycles. The molecule has 2 aromatic heterocycles.